The molecule has 0 unspecified atom stereocenters. The van der Waals surface area contributed by atoms with Crippen LogP contribution in [-0.2, 0) is 5.41 Å². The maximum Gasteiger partial charge on any atom is 0.115 e. The first-order valence-corrected chi connectivity index (χ1v) is 6.05. The van der Waals surface area contributed by atoms with Crippen molar-refractivity contribution in [1.29, 1.82) is 0 Å². The van der Waals surface area contributed by atoms with Crippen LogP contribution in [0.3, 0.4) is 0 Å². The average Bonchev–Trinajstić information content (AvgIpc) is 2.96. The van der Waals surface area contributed by atoms with E-state index < -0.39 is 0 Å². The van der Waals surface area contributed by atoms with Crippen molar-refractivity contribution in [1.82, 2.24) is 9.55 Å². The van der Waals surface area contributed by atoms with Crippen LogP contribution < -0.4 is 0 Å². The first-order valence-electron chi connectivity index (χ1n) is 6.05. The van der Waals surface area contributed by atoms with E-state index in [1.54, 1.807) is 0 Å². The number of rotatable bonds is 1. The van der Waals surface area contributed by atoms with E-state index >= 15 is 0 Å². The molecular formula is C14H18N2. The molecule has 0 saturated heterocycles. The smallest absolute Gasteiger partial charge is 0.115 e. The predicted molar refractivity (Wildman–Crippen MR) is 66.7 cm³/mol. The molecule has 0 N–H and O–H groups in total. The van der Waals surface area contributed by atoms with Gasteiger partial charge >= 0.3 is 0 Å². The number of hydrogen-bond donors (Lipinski definition) is 0. The fourth-order valence-electron chi connectivity index (χ4n) is 2.28. The Bertz CT molecular complexity index is 527. The summed E-state index contributed by atoms with van der Waals surface area (Å²) in [6.07, 6.45) is 2.62. The lowest BCUT2D eigenvalue weighted by atomic mass is 9.95. The number of nitrogens with zero attached hydrogens (tertiary/aromatic N) is 2. The normalized spacial score (nSPS) is 16.9. The van der Waals surface area contributed by atoms with E-state index in [0.717, 1.165) is 5.52 Å². The molecule has 84 valence electrons. The second-order valence-corrected chi connectivity index (χ2v) is 5.78. The SMILES string of the molecule is CC(C)(C)c1nc2ccccc2n1C1CC1. The molecule has 2 nitrogen and oxygen atoms in total. The quantitative estimate of drug-likeness (QED) is 0.708. The van der Waals surface area contributed by atoms with Crippen LogP contribution in [0, 0.1) is 0 Å². The average molecular weight is 214 g/mol. The Morgan fingerprint density at radius 1 is 1.19 bits per heavy atom. The van der Waals surface area contributed by atoms with E-state index in [1.807, 2.05) is 0 Å². The van der Waals surface area contributed by atoms with Crippen molar-refractivity contribution in [3.05, 3.63) is 30.1 Å². The standard InChI is InChI=1S/C14H18N2/c1-14(2,3)13-15-11-6-4-5-7-12(11)16(13)10-8-9-10/h4-7,10H,8-9H2,1-3H3. The van der Waals surface area contributed by atoms with Gasteiger partial charge in [0.15, 0.2) is 0 Å². The van der Waals surface area contributed by atoms with Crippen LogP contribution in [0.5, 0.6) is 0 Å². The zero-order chi connectivity index (χ0) is 11.3. The third-order valence-electron chi connectivity index (χ3n) is 3.18. The van der Waals surface area contributed by atoms with E-state index in [1.165, 1.54) is 24.2 Å². The van der Waals surface area contributed by atoms with Crippen LogP contribution in [0.4, 0.5) is 0 Å². The van der Waals surface area contributed by atoms with E-state index in [9.17, 15) is 0 Å². The Morgan fingerprint density at radius 2 is 1.88 bits per heavy atom. The second kappa shape index (κ2) is 3.09. The monoisotopic (exact) mass is 214 g/mol. The van der Waals surface area contributed by atoms with E-state index in [-0.39, 0.29) is 5.41 Å². The zero-order valence-corrected chi connectivity index (χ0v) is 10.2. The van der Waals surface area contributed by atoms with Crippen molar-refractivity contribution in [2.75, 3.05) is 0 Å². The molecule has 1 aromatic heterocycles. The van der Waals surface area contributed by atoms with Gasteiger partial charge in [-0.05, 0) is 25.0 Å². The van der Waals surface area contributed by atoms with Crippen LogP contribution >= 0.6 is 0 Å². The van der Waals surface area contributed by atoms with Gasteiger partial charge in [-0.3, -0.25) is 0 Å². The third-order valence-corrected chi connectivity index (χ3v) is 3.18. The lowest BCUT2D eigenvalue weighted by molar-refractivity contribution is 0.507. The van der Waals surface area contributed by atoms with Crippen molar-refractivity contribution in [3.63, 3.8) is 0 Å². The highest BCUT2D eigenvalue weighted by Gasteiger charge is 2.32. The molecular weight excluding hydrogens is 196 g/mol. The zero-order valence-electron chi connectivity index (χ0n) is 10.2. The summed E-state index contributed by atoms with van der Waals surface area (Å²) in [7, 11) is 0. The first-order chi connectivity index (χ1) is 7.57. The Hall–Kier alpha value is -1.31. The Labute approximate surface area is 96.3 Å². The van der Waals surface area contributed by atoms with Gasteiger partial charge in [0, 0.05) is 11.5 Å². The van der Waals surface area contributed by atoms with Gasteiger partial charge in [-0.2, -0.15) is 0 Å². The molecule has 2 aromatic rings. The molecule has 1 heterocycles. The summed E-state index contributed by atoms with van der Waals surface area (Å²) in [4.78, 5) is 4.81. The summed E-state index contributed by atoms with van der Waals surface area (Å²) in [6.45, 7) is 6.73. The molecule has 0 amide bonds. The summed E-state index contributed by atoms with van der Waals surface area (Å²) in [5.41, 5.74) is 2.57. The predicted octanol–water partition coefficient (Wildman–Crippen LogP) is 3.67. The van der Waals surface area contributed by atoms with E-state index in [2.05, 4.69) is 49.6 Å². The highest BCUT2D eigenvalue weighted by Crippen LogP contribution is 2.41. The van der Waals surface area contributed by atoms with Crippen molar-refractivity contribution in [3.8, 4) is 0 Å². The number of para-hydroxylation sites is 2. The molecule has 2 heteroatoms. The van der Waals surface area contributed by atoms with Crippen LogP contribution in [-0.4, -0.2) is 9.55 Å². The fraction of sp³-hybridized carbons (Fsp3) is 0.500. The molecule has 1 fully saturated rings. The Morgan fingerprint density at radius 3 is 2.50 bits per heavy atom. The molecule has 0 atom stereocenters. The molecule has 1 saturated carbocycles. The molecule has 1 aliphatic carbocycles. The van der Waals surface area contributed by atoms with Crippen molar-refractivity contribution >= 4 is 11.0 Å². The molecule has 1 aliphatic rings. The number of fused-ring (bicyclic) bond motifs is 1. The van der Waals surface area contributed by atoms with Gasteiger partial charge in [0.05, 0.1) is 11.0 Å². The van der Waals surface area contributed by atoms with Gasteiger partial charge in [0.1, 0.15) is 5.82 Å². The Kier molecular flexibility index (Phi) is 1.91. The molecule has 0 aliphatic heterocycles. The first kappa shape index (κ1) is 9.88. The fourth-order valence-corrected chi connectivity index (χ4v) is 2.28. The van der Waals surface area contributed by atoms with Crippen molar-refractivity contribution in [2.45, 2.75) is 45.1 Å². The lowest BCUT2D eigenvalue weighted by Crippen LogP contribution is -2.18. The molecule has 0 radical (unpaired) electrons. The van der Waals surface area contributed by atoms with Crippen LogP contribution in [0.2, 0.25) is 0 Å². The summed E-state index contributed by atoms with van der Waals surface area (Å²) < 4.78 is 2.45. The minimum absolute atomic E-state index is 0.127. The highest BCUT2D eigenvalue weighted by atomic mass is 15.1. The summed E-state index contributed by atoms with van der Waals surface area (Å²) >= 11 is 0. The van der Waals surface area contributed by atoms with Gasteiger partial charge in [0.2, 0.25) is 0 Å². The summed E-state index contributed by atoms with van der Waals surface area (Å²) in [6, 6.07) is 9.18. The van der Waals surface area contributed by atoms with Crippen molar-refractivity contribution < 1.29 is 0 Å². The summed E-state index contributed by atoms with van der Waals surface area (Å²) in [5, 5.41) is 0. The van der Waals surface area contributed by atoms with Gasteiger partial charge < -0.3 is 4.57 Å². The van der Waals surface area contributed by atoms with E-state index in [4.69, 9.17) is 4.98 Å². The van der Waals surface area contributed by atoms with E-state index in [0.29, 0.717) is 6.04 Å². The van der Waals surface area contributed by atoms with Crippen LogP contribution in [0.25, 0.3) is 11.0 Å². The van der Waals surface area contributed by atoms with Gasteiger partial charge in [0.25, 0.3) is 0 Å². The largest absolute Gasteiger partial charge is 0.324 e. The maximum atomic E-state index is 4.81. The molecule has 1 aromatic carbocycles. The minimum atomic E-state index is 0.127. The minimum Gasteiger partial charge on any atom is -0.324 e. The number of aromatic nitrogens is 2. The lowest BCUT2D eigenvalue weighted by Gasteiger charge is -2.19. The van der Waals surface area contributed by atoms with Gasteiger partial charge in [-0.25, -0.2) is 4.98 Å². The topological polar surface area (TPSA) is 17.8 Å². The van der Waals surface area contributed by atoms with Crippen LogP contribution in [0.15, 0.2) is 24.3 Å². The third kappa shape index (κ3) is 1.44. The number of hydrogen-bond acceptors (Lipinski definition) is 1. The van der Waals surface area contributed by atoms with Gasteiger partial charge in [-0.1, -0.05) is 32.9 Å². The molecule has 16 heavy (non-hydrogen) atoms. The Balaban J connectivity index is 2.30. The molecule has 0 bridgehead atoms. The second-order valence-electron chi connectivity index (χ2n) is 5.78. The number of benzene rings is 1. The molecule has 3 rings (SSSR count). The molecule has 0 spiro atoms. The highest BCUT2D eigenvalue weighted by molar-refractivity contribution is 5.76. The van der Waals surface area contributed by atoms with Crippen molar-refractivity contribution in [2.24, 2.45) is 0 Å². The summed E-state index contributed by atoms with van der Waals surface area (Å²) in [5.74, 6) is 1.23. The van der Waals surface area contributed by atoms with Gasteiger partial charge in [-0.15, -0.1) is 0 Å². The number of imidazole rings is 1. The van der Waals surface area contributed by atoms with Crippen LogP contribution in [0.1, 0.15) is 45.5 Å². The maximum absolute atomic E-state index is 4.81.